The summed E-state index contributed by atoms with van der Waals surface area (Å²) in [6.45, 7) is 4.85. The number of rotatable bonds is 3. The zero-order valence-corrected chi connectivity index (χ0v) is 13.6. The standard InChI is InChI=1S/C18H24N2O3/c1-11-18(9-22-10-18)23-5-4-20(11)16-6-13(8-19-17(16)21)15-7-14(15)12-2-3-12/h6,8,11-12,14-15H,2-5,7,9-10H2,1H3,(H,19,21). The van der Waals surface area contributed by atoms with E-state index in [-0.39, 0.29) is 17.2 Å². The molecular weight excluding hydrogens is 292 g/mol. The van der Waals surface area contributed by atoms with Gasteiger partial charge in [-0.3, -0.25) is 4.79 Å². The van der Waals surface area contributed by atoms with Crippen LogP contribution in [-0.2, 0) is 9.47 Å². The van der Waals surface area contributed by atoms with E-state index < -0.39 is 0 Å². The number of H-pyrrole nitrogens is 1. The first-order valence-corrected chi connectivity index (χ1v) is 8.89. The zero-order valence-electron chi connectivity index (χ0n) is 13.6. The van der Waals surface area contributed by atoms with Gasteiger partial charge in [-0.05, 0) is 55.6 Å². The van der Waals surface area contributed by atoms with Crippen molar-refractivity contribution in [1.29, 1.82) is 0 Å². The summed E-state index contributed by atoms with van der Waals surface area (Å²) in [6, 6.07) is 2.31. The SMILES string of the molecule is CC1N(c2cc(C3CC3C3CC3)c[nH]c2=O)CCOC12COC2. The molecule has 1 N–H and O–H groups in total. The van der Waals surface area contributed by atoms with Gasteiger partial charge < -0.3 is 19.4 Å². The minimum Gasteiger partial charge on any atom is -0.375 e. The maximum atomic E-state index is 12.4. The smallest absolute Gasteiger partial charge is 0.271 e. The number of hydrogen-bond donors (Lipinski definition) is 1. The van der Waals surface area contributed by atoms with Crippen molar-refractivity contribution in [2.45, 2.75) is 43.7 Å². The Hall–Kier alpha value is -1.33. The molecule has 0 bridgehead atoms. The first-order chi connectivity index (χ1) is 11.2. The minimum atomic E-state index is -0.225. The zero-order chi connectivity index (χ0) is 15.6. The number of nitrogens with zero attached hydrogens (tertiary/aromatic N) is 1. The first kappa shape index (κ1) is 14.1. The molecule has 124 valence electrons. The van der Waals surface area contributed by atoms with E-state index in [9.17, 15) is 4.79 Å². The summed E-state index contributed by atoms with van der Waals surface area (Å²) in [5.74, 6) is 2.48. The number of ether oxygens (including phenoxy) is 2. The molecule has 0 aromatic carbocycles. The van der Waals surface area contributed by atoms with Gasteiger partial charge >= 0.3 is 0 Å². The van der Waals surface area contributed by atoms with Crippen LogP contribution in [0.4, 0.5) is 5.69 Å². The van der Waals surface area contributed by atoms with Crippen molar-refractivity contribution >= 4 is 5.69 Å². The van der Waals surface area contributed by atoms with Crippen LogP contribution >= 0.6 is 0 Å². The number of hydrogen-bond acceptors (Lipinski definition) is 4. The van der Waals surface area contributed by atoms with Gasteiger partial charge in [-0.15, -0.1) is 0 Å². The van der Waals surface area contributed by atoms with E-state index in [1.165, 1.54) is 24.8 Å². The first-order valence-electron chi connectivity index (χ1n) is 8.89. The van der Waals surface area contributed by atoms with Crippen molar-refractivity contribution in [2.75, 3.05) is 31.3 Å². The van der Waals surface area contributed by atoms with Crippen LogP contribution in [0, 0.1) is 11.8 Å². The fourth-order valence-electron chi connectivity index (χ4n) is 4.46. The second-order valence-corrected chi connectivity index (χ2v) is 7.77. The van der Waals surface area contributed by atoms with E-state index in [0.717, 1.165) is 24.1 Å². The fraction of sp³-hybridized carbons (Fsp3) is 0.722. The lowest BCUT2D eigenvalue weighted by Gasteiger charge is -2.53. The lowest BCUT2D eigenvalue weighted by atomic mass is 9.90. The summed E-state index contributed by atoms with van der Waals surface area (Å²) in [6.07, 6.45) is 6.04. The van der Waals surface area contributed by atoms with Crippen LogP contribution in [0.3, 0.4) is 0 Å². The number of anilines is 1. The molecule has 2 aliphatic carbocycles. The quantitative estimate of drug-likeness (QED) is 0.925. The second kappa shape index (κ2) is 4.84. The Balaban J connectivity index is 1.44. The highest BCUT2D eigenvalue weighted by Gasteiger charge is 2.51. The number of pyridine rings is 1. The van der Waals surface area contributed by atoms with E-state index in [1.807, 2.05) is 6.20 Å². The maximum absolute atomic E-state index is 12.4. The molecule has 2 saturated heterocycles. The Kier molecular flexibility index (Phi) is 2.95. The molecule has 5 nitrogen and oxygen atoms in total. The van der Waals surface area contributed by atoms with E-state index in [4.69, 9.17) is 9.47 Å². The predicted molar refractivity (Wildman–Crippen MR) is 86.9 cm³/mol. The van der Waals surface area contributed by atoms with Gasteiger partial charge in [0.05, 0.1) is 25.9 Å². The molecule has 23 heavy (non-hydrogen) atoms. The Morgan fingerprint density at radius 1 is 1.35 bits per heavy atom. The van der Waals surface area contributed by atoms with Crippen molar-refractivity contribution in [3.8, 4) is 0 Å². The molecule has 2 aliphatic heterocycles. The third-order valence-electron chi connectivity index (χ3n) is 6.35. The van der Waals surface area contributed by atoms with Gasteiger partial charge in [0.25, 0.3) is 5.56 Å². The van der Waals surface area contributed by atoms with Gasteiger partial charge in [0.2, 0.25) is 0 Å². The summed E-state index contributed by atoms with van der Waals surface area (Å²) < 4.78 is 11.4. The molecule has 5 heteroatoms. The van der Waals surface area contributed by atoms with Crippen LogP contribution in [0.25, 0.3) is 0 Å². The highest BCUT2D eigenvalue weighted by atomic mass is 16.6. The van der Waals surface area contributed by atoms with Crippen LogP contribution in [0.5, 0.6) is 0 Å². The fourth-order valence-corrected chi connectivity index (χ4v) is 4.46. The number of morpholine rings is 1. The molecule has 2 saturated carbocycles. The predicted octanol–water partition coefficient (Wildman–Crippen LogP) is 1.88. The van der Waals surface area contributed by atoms with Crippen molar-refractivity contribution in [3.05, 3.63) is 28.2 Å². The Morgan fingerprint density at radius 3 is 2.87 bits per heavy atom. The summed E-state index contributed by atoms with van der Waals surface area (Å²) in [7, 11) is 0. The van der Waals surface area contributed by atoms with E-state index in [2.05, 4.69) is 22.9 Å². The van der Waals surface area contributed by atoms with Crippen LogP contribution < -0.4 is 10.5 Å². The number of aromatic amines is 1. The Labute approximate surface area is 136 Å². The van der Waals surface area contributed by atoms with Crippen LogP contribution in [0.15, 0.2) is 17.1 Å². The van der Waals surface area contributed by atoms with Gasteiger partial charge in [-0.1, -0.05) is 0 Å². The van der Waals surface area contributed by atoms with Gasteiger partial charge in [-0.2, -0.15) is 0 Å². The topological polar surface area (TPSA) is 54.6 Å². The molecular formula is C18H24N2O3. The minimum absolute atomic E-state index is 0.0153. The van der Waals surface area contributed by atoms with E-state index in [1.54, 1.807) is 0 Å². The summed E-state index contributed by atoms with van der Waals surface area (Å²) in [5.41, 5.74) is 1.92. The van der Waals surface area contributed by atoms with Crippen LogP contribution in [-0.4, -0.2) is 43.0 Å². The molecule has 3 heterocycles. The average Bonchev–Trinajstić information content (AvgIpc) is 3.37. The molecule has 0 radical (unpaired) electrons. The van der Waals surface area contributed by atoms with Crippen LogP contribution in [0.2, 0.25) is 0 Å². The molecule has 3 atom stereocenters. The van der Waals surface area contributed by atoms with E-state index in [0.29, 0.717) is 25.7 Å². The third kappa shape index (κ3) is 2.17. The van der Waals surface area contributed by atoms with Gasteiger partial charge in [-0.25, -0.2) is 0 Å². The molecule has 1 aromatic heterocycles. The summed E-state index contributed by atoms with van der Waals surface area (Å²) in [5, 5.41) is 0. The Bertz CT molecular complexity index is 677. The normalized spacial score (nSPS) is 35.2. The van der Waals surface area contributed by atoms with Crippen molar-refractivity contribution in [3.63, 3.8) is 0 Å². The third-order valence-corrected chi connectivity index (χ3v) is 6.35. The van der Waals surface area contributed by atoms with Crippen LogP contribution in [0.1, 0.15) is 37.7 Å². The number of aromatic nitrogens is 1. The average molecular weight is 316 g/mol. The molecule has 4 fully saturated rings. The molecule has 1 aromatic rings. The highest BCUT2D eigenvalue weighted by Crippen LogP contribution is 2.59. The molecule has 0 amide bonds. The highest BCUT2D eigenvalue weighted by molar-refractivity contribution is 5.50. The van der Waals surface area contributed by atoms with Gasteiger partial charge in [0, 0.05) is 12.7 Å². The largest absolute Gasteiger partial charge is 0.375 e. The molecule has 4 aliphatic rings. The lowest BCUT2D eigenvalue weighted by molar-refractivity contribution is -0.228. The monoisotopic (exact) mass is 316 g/mol. The Morgan fingerprint density at radius 2 is 2.17 bits per heavy atom. The molecule has 3 unspecified atom stereocenters. The van der Waals surface area contributed by atoms with Crippen molar-refractivity contribution < 1.29 is 9.47 Å². The maximum Gasteiger partial charge on any atom is 0.271 e. The second-order valence-electron chi connectivity index (χ2n) is 7.77. The van der Waals surface area contributed by atoms with Gasteiger partial charge in [0.1, 0.15) is 11.3 Å². The molecule has 1 spiro atoms. The lowest BCUT2D eigenvalue weighted by Crippen LogP contribution is -2.68. The summed E-state index contributed by atoms with van der Waals surface area (Å²) in [4.78, 5) is 17.6. The molecule has 5 rings (SSSR count). The number of nitrogens with one attached hydrogen (secondary N) is 1. The van der Waals surface area contributed by atoms with Crippen molar-refractivity contribution in [2.24, 2.45) is 11.8 Å². The summed E-state index contributed by atoms with van der Waals surface area (Å²) >= 11 is 0. The van der Waals surface area contributed by atoms with Crippen molar-refractivity contribution in [1.82, 2.24) is 4.98 Å². The van der Waals surface area contributed by atoms with Gasteiger partial charge in [0.15, 0.2) is 0 Å². The van der Waals surface area contributed by atoms with E-state index >= 15 is 0 Å².